The number of rotatable bonds is 7. The van der Waals surface area contributed by atoms with Crippen LogP contribution < -0.4 is 5.32 Å². The number of hydrogen-bond acceptors (Lipinski definition) is 5. The van der Waals surface area contributed by atoms with Gasteiger partial charge in [0.2, 0.25) is 5.91 Å². The van der Waals surface area contributed by atoms with Crippen LogP contribution >= 0.6 is 22.9 Å². The first-order chi connectivity index (χ1) is 12.1. The monoisotopic (exact) mass is 384 g/mol. The lowest BCUT2D eigenvalue weighted by Crippen LogP contribution is -2.46. The van der Waals surface area contributed by atoms with Crippen molar-refractivity contribution in [2.45, 2.75) is 44.1 Å². The summed E-state index contributed by atoms with van der Waals surface area (Å²) in [6.07, 6.45) is 5.31. The van der Waals surface area contributed by atoms with Gasteiger partial charge in [0.25, 0.3) is 0 Å². The van der Waals surface area contributed by atoms with E-state index < -0.39 is 0 Å². The lowest BCUT2D eigenvalue weighted by Gasteiger charge is -2.35. The van der Waals surface area contributed by atoms with Gasteiger partial charge in [0.1, 0.15) is 0 Å². The molecule has 1 amide bonds. The molecule has 1 aliphatic heterocycles. The Morgan fingerprint density at radius 3 is 2.72 bits per heavy atom. The summed E-state index contributed by atoms with van der Waals surface area (Å²) in [5.41, 5.74) is 0. The second-order valence-electron chi connectivity index (χ2n) is 6.61. The van der Waals surface area contributed by atoms with Crippen LogP contribution in [0.1, 0.15) is 30.6 Å². The predicted molar refractivity (Wildman–Crippen MR) is 99.8 cm³/mol. The molecule has 1 aromatic rings. The molecule has 1 aromatic heterocycles. The Hall–Kier alpha value is -0.920. The molecule has 138 valence electrons. The van der Waals surface area contributed by atoms with E-state index in [9.17, 15) is 4.79 Å². The van der Waals surface area contributed by atoms with Crippen LogP contribution in [0.3, 0.4) is 0 Å². The molecule has 3 rings (SSSR count). The van der Waals surface area contributed by atoms with Gasteiger partial charge in [0, 0.05) is 36.9 Å². The summed E-state index contributed by atoms with van der Waals surface area (Å²) < 4.78 is 12.2. The largest absolute Gasteiger partial charge is 0.352 e. The second-order valence-corrected chi connectivity index (χ2v) is 8.41. The molecule has 1 aliphatic carbocycles. The van der Waals surface area contributed by atoms with Crippen molar-refractivity contribution in [1.82, 2.24) is 10.2 Å². The van der Waals surface area contributed by atoms with Crippen molar-refractivity contribution in [3.8, 4) is 0 Å². The molecule has 25 heavy (non-hydrogen) atoms. The molecule has 0 atom stereocenters. The van der Waals surface area contributed by atoms with Gasteiger partial charge in [-0.2, -0.15) is 0 Å². The number of halogens is 1. The number of carbonyl (C=O) groups is 1. The van der Waals surface area contributed by atoms with Gasteiger partial charge in [-0.15, -0.1) is 17.9 Å². The minimum Gasteiger partial charge on any atom is -0.352 e. The average Bonchev–Trinajstić information content (AvgIpc) is 3.20. The Kier molecular flexibility index (Phi) is 6.52. The lowest BCUT2D eigenvalue weighted by molar-refractivity contribution is -0.180. The van der Waals surface area contributed by atoms with E-state index in [-0.39, 0.29) is 17.7 Å². The Labute approximate surface area is 157 Å². The zero-order valence-corrected chi connectivity index (χ0v) is 15.9. The van der Waals surface area contributed by atoms with E-state index in [1.165, 1.54) is 0 Å². The highest BCUT2D eigenvalue weighted by Crippen LogP contribution is 2.35. The third kappa shape index (κ3) is 5.28. The van der Waals surface area contributed by atoms with E-state index >= 15 is 0 Å². The number of nitrogens with zero attached hydrogens (tertiary/aromatic N) is 1. The molecule has 1 N–H and O–H groups in total. The SMILES string of the molecule is C=CCN(CC(=O)NC1CCC2(CC1)OCCO2)Cc1ccc(Cl)s1. The summed E-state index contributed by atoms with van der Waals surface area (Å²) in [6, 6.07) is 4.09. The van der Waals surface area contributed by atoms with Gasteiger partial charge in [-0.1, -0.05) is 17.7 Å². The van der Waals surface area contributed by atoms with Gasteiger partial charge in [0.05, 0.1) is 24.1 Å². The fourth-order valence-electron chi connectivity index (χ4n) is 3.49. The van der Waals surface area contributed by atoms with Crippen molar-refractivity contribution >= 4 is 28.8 Å². The van der Waals surface area contributed by atoms with Crippen molar-refractivity contribution < 1.29 is 14.3 Å². The maximum absolute atomic E-state index is 12.4. The standard InChI is InChI=1S/C18H25ClN2O3S/c1-2-9-21(12-15-3-4-16(19)25-15)13-17(22)20-14-5-7-18(8-6-14)23-10-11-24-18/h2-4,14H,1,5-13H2,(H,20,22). The first-order valence-corrected chi connectivity index (χ1v) is 9.93. The molecule has 2 aliphatic rings. The van der Waals surface area contributed by atoms with Crippen LogP contribution in [0.25, 0.3) is 0 Å². The highest BCUT2D eigenvalue weighted by Gasteiger charge is 2.40. The first-order valence-electron chi connectivity index (χ1n) is 8.73. The normalized spacial score (nSPS) is 20.2. The van der Waals surface area contributed by atoms with Gasteiger partial charge in [-0.25, -0.2) is 0 Å². The summed E-state index contributed by atoms with van der Waals surface area (Å²) >= 11 is 7.53. The van der Waals surface area contributed by atoms with E-state index in [0.29, 0.717) is 32.8 Å². The van der Waals surface area contributed by atoms with Crippen molar-refractivity contribution in [2.75, 3.05) is 26.3 Å². The average molecular weight is 385 g/mol. The lowest BCUT2D eigenvalue weighted by atomic mass is 9.90. The van der Waals surface area contributed by atoms with Crippen LogP contribution in [0.15, 0.2) is 24.8 Å². The van der Waals surface area contributed by atoms with Gasteiger partial charge < -0.3 is 14.8 Å². The smallest absolute Gasteiger partial charge is 0.234 e. The van der Waals surface area contributed by atoms with Crippen molar-refractivity contribution in [3.63, 3.8) is 0 Å². The summed E-state index contributed by atoms with van der Waals surface area (Å²) in [4.78, 5) is 15.6. The number of nitrogens with one attached hydrogen (secondary N) is 1. The van der Waals surface area contributed by atoms with Crippen LogP contribution in [0.5, 0.6) is 0 Å². The first kappa shape index (κ1) is 18.9. The third-order valence-electron chi connectivity index (χ3n) is 4.69. The summed E-state index contributed by atoms with van der Waals surface area (Å²) in [7, 11) is 0. The van der Waals surface area contributed by atoms with Gasteiger partial charge in [0.15, 0.2) is 5.79 Å². The van der Waals surface area contributed by atoms with E-state index in [1.807, 2.05) is 18.2 Å². The molecule has 7 heteroatoms. The molecule has 1 spiro atoms. The Balaban J connectivity index is 1.46. The fourth-order valence-corrected chi connectivity index (χ4v) is 4.62. The quantitative estimate of drug-likeness (QED) is 0.733. The molecule has 0 aromatic carbocycles. The molecule has 0 unspecified atom stereocenters. The molecule has 5 nitrogen and oxygen atoms in total. The summed E-state index contributed by atoms with van der Waals surface area (Å²) in [6.45, 7) is 6.87. The topological polar surface area (TPSA) is 50.8 Å². The maximum atomic E-state index is 12.4. The molecule has 1 saturated carbocycles. The van der Waals surface area contributed by atoms with Gasteiger partial charge in [-0.3, -0.25) is 9.69 Å². The molecule has 2 fully saturated rings. The zero-order valence-electron chi connectivity index (χ0n) is 14.3. The van der Waals surface area contributed by atoms with Crippen molar-refractivity contribution in [3.05, 3.63) is 34.0 Å². The fraction of sp³-hybridized carbons (Fsp3) is 0.611. The van der Waals surface area contributed by atoms with Gasteiger partial charge >= 0.3 is 0 Å². The number of thiophene rings is 1. The zero-order chi connectivity index (χ0) is 17.7. The molecule has 2 heterocycles. The highest BCUT2D eigenvalue weighted by molar-refractivity contribution is 7.16. The van der Waals surface area contributed by atoms with E-state index in [0.717, 1.165) is 34.9 Å². The summed E-state index contributed by atoms with van der Waals surface area (Å²) in [5.74, 6) is -0.326. The molecular formula is C18H25ClN2O3S. The third-order valence-corrected chi connectivity index (χ3v) is 5.90. The number of amides is 1. The minimum absolute atomic E-state index is 0.0544. The highest BCUT2D eigenvalue weighted by atomic mass is 35.5. The van der Waals surface area contributed by atoms with Crippen LogP contribution in [-0.4, -0.2) is 48.9 Å². The van der Waals surface area contributed by atoms with Crippen LogP contribution in [-0.2, 0) is 20.8 Å². The minimum atomic E-state index is -0.380. The molecule has 1 saturated heterocycles. The maximum Gasteiger partial charge on any atom is 0.234 e. The van der Waals surface area contributed by atoms with E-state index in [4.69, 9.17) is 21.1 Å². The predicted octanol–water partition coefficient (Wildman–Crippen LogP) is 3.19. The Morgan fingerprint density at radius 2 is 2.12 bits per heavy atom. The van der Waals surface area contributed by atoms with E-state index in [2.05, 4.69) is 16.8 Å². The number of ether oxygens (including phenoxy) is 2. The van der Waals surface area contributed by atoms with Crippen LogP contribution in [0.2, 0.25) is 4.34 Å². The molecule has 0 bridgehead atoms. The second kappa shape index (κ2) is 8.64. The Morgan fingerprint density at radius 1 is 1.40 bits per heavy atom. The van der Waals surface area contributed by atoms with E-state index in [1.54, 1.807) is 11.3 Å². The van der Waals surface area contributed by atoms with Crippen LogP contribution in [0.4, 0.5) is 0 Å². The number of hydrogen-bond donors (Lipinski definition) is 1. The molecule has 0 radical (unpaired) electrons. The van der Waals surface area contributed by atoms with Gasteiger partial charge in [-0.05, 0) is 25.0 Å². The molecular weight excluding hydrogens is 360 g/mol. The van der Waals surface area contributed by atoms with Crippen molar-refractivity contribution in [1.29, 1.82) is 0 Å². The van der Waals surface area contributed by atoms with Crippen LogP contribution in [0, 0.1) is 0 Å². The summed E-state index contributed by atoms with van der Waals surface area (Å²) in [5, 5.41) is 3.16. The number of carbonyl (C=O) groups excluding carboxylic acids is 1. The Bertz CT molecular complexity index is 591. The van der Waals surface area contributed by atoms with Crippen molar-refractivity contribution in [2.24, 2.45) is 0 Å².